The molecule has 1 aliphatic rings. The molecule has 2 unspecified atom stereocenters. The van der Waals surface area contributed by atoms with Crippen molar-refractivity contribution in [1.29, 1.82) is 0 Å². The number of aromatic hydroxyl groups is 1. The molecule has 2 atom stereocenters. The molecule has 0 spiro atoms. The predicted octanol–water partition coefficient (Wildman–Crippen LogP) is 3.07. The standard InChI is InChI=1S/C15H23NO2/c1-11-4-3-5-13(8-11)16-10-12-6-7-14(17)15(9-12)18-2/h6-7,9,11,13,16-17H,3-5,8,10H2,1-2H3. The van der Waals surface area contributed by atoms with E-state index in [1.165, 1.54) is 25.7 Å². The number of phenolic OH excluding ortho intramolecular Hbond substituents is 1. The highest BCUT2D eigenvalue weighted by atomic mass is 16.5. The Morgan fingerprint density at radius 1 is 1.39 bits per heavy atom. The second kappa shape index (κ2) is 6.10. The number of ether oxygens (including phenoxy) is 1. The zero-order valence-electron chi connectivity index (χ0n) is 11.3. The van der Waals surface area contributed by atoms with Crippen LogP contribution in [0.1, 0.15) is 38.2 Å². The molecule has 1 aliphatic carbocycles. The molecule has 0 bridgehead atoms. The van der Waals surface area contributed by atoms with Crippen LogP contribution in [-0.2, 0) is 6.54 Å². The quantitative estimate of drug-likeness (QED) is 0.861. The molecule has 0 amide bonds. The van der Waals surface area contributed by atoms with Gasteiger partial charge in [-0.25, -0.2) is 0 Å². The topological polar surface area (TPSA) is 41.5 Å². The Balaban J connectivity index is 1.89. The Morgan fingerprint density at radius 3 is 2.94 bits per heavy atom. The fraction of sp³-hybridized carbons (Fsp3) is 0.600. The van der Waals surface area contributed by atoms with Crippen molar-refractivity contribution in [2.24, 2.45) is 5.92 Å². The van der Waals surface area contributed by atoms with Gasteiger partial charge in [-0.15, -0.1) is 0 Å². The Hall–Kier alpha value is -1.22. The van der Waals surface area contributed by atoms with Crippen LogP contribution in [0.25, 0.3) is 0 Å². The van der Waals surface area contributed by atoms with Crippen molar-refractivity contribution in [2.75, 3.05) is 7.11 Å². The van der Waals surface area contributed by atoms with E-state index in [-0.39, 0.29) is 5.75 Å². The highest BCUT2D eigenvalue weighted by Gasteiger charge is 2.18. The smallest absolute Gasteiger partial charge is 0.160 e. The Kier molecular flexibility index (Phi) is 4.48. The first kappa shape index (κ1) is 13.2. The number of benzene rings is 1. The van der Waals surface area contributed by atoms with Crippen LogP contribution in [0, 0.1) is 5.92 Å². The Labute approximate surface area is 109 Å². The van der Waals surface area contributed by atoms with Crippen LogP contribution in [0.3, 0.4) is 0 Å². The summed E-state index contributed by atoms with van der Waals surface area (Å²) < 4.78 is 5.12. The molecule has 1 aromatic carbocycles. The van der Waals surface area contributed by atoms with Gasteiger partial charge in [-0.3, -0.25) is 0 Å². The molecule has 0 aliphatic heterocycles. The van der Waals surface area contributed by atoms with E-state index in [1.54, 1.807) is 13.2 Å². The van der Waals surface area contributed by atoms with Crippen molar-refractivity contribution in [3.63, 3.8) is 0 Å². The van der Waals surface area contributed by atoms with Gasteiger partial charge in [0.25, 0.3) is 0 Å². The van der Waals surface area contributed by atoms with Crippen LogP contribution in [0.4, 0.5) is 0 Å². The normalized spacial score (nSPS) is 23.9. The number of nitrogens with one attached hydrogen (secondary N) is 1. The second-order valence-electron chi connectivity index (χ2n) is 5.36. The van der Waals surface area contributed by atoms with Gasteiger partial charge < -0.3 is 15.2 Å². The molecular weight excluding hydrogens is 226 g/mol. The van der Waals surface area contributed by atoms with Crippen molar-refractivity contribution in [3.8, 4) is 11.5 Å². The first-order valence-electron chi connectivity index (χ1n) is 6.78. The summed E-state index contributed by atoms with van der Waals surface area (Å²) in [5.74, 6) is 1.59. The lowest BCUT2D eigenvalue weighted by molar-refractivity contribution is 0.300. The minimum absolute atomic E-state index is 0.201. The van der Waals surface area contributed by atoms with E-state index in [4.69, 9.17) is 4.74 Å². The van der Waals surface area contributed by atoms with Crippen molar-refractivity contribution < 1.29 is 9.84 Å². The third-order valence-corrected chi connectivity index (χ3v) is 3.78. The molecule has 0 saturated heterocycles. The van der Waals surface area contributed by atoms with Crippen LogP contribution in [0.2, 0.25) is 0 Å². The molecule has 1 fully saturated rings. The van der Waals surface area contributed by atoms with Gasteiger partial charge in [0, 0.05) is 12.6 Å². The van der Waals surface area contributed by atoms with E-state index < -0.39 is 0 Å². The lowest BCUT2D eigenvalue weighted by Gasteiger charge is -2.27. The summed E-state index contributed by atoms with van der Waals surface area (Å²) in [4.78, 5) is 0. The largest absolute Gasteiger partial charge is 0.504 e. The van der Waals surface area contributed by atoms with Gasteiger partial charge in [-0.2, -0.15) is 0 Å². The van der Waals surface area contributed by atoms with Crippen LogP contribution in [0.15, 0.2) is 18.2 Å². The molecule has 2 N–H and O–H groups in total. The summed E-state index contributed by atoms with van der Waals surface area (Å²) in [6.45, 7) is 3.17. The van der Waals surface area contributed by atoms with Crippen LogP contribution in [0.5, 0.6) is 11.5 Å². The molecule has 0 aromatic heterocycles. The maximum absolute atomic E-state index is 9.54. The van der Waals surface area contributed by atoms with E-state index in [0.29, 0.717) is 11.8 Å². The van der Waals surface area contributed by atoms with Gasteiger partial charge in [-0.05, 0) is 36.5 Å². The monoisotopic (exact) mass is 249 g/mol. The van der Waals surface area contributed by atoms with Gasteiger partial charge >= 0.3 is 0 Å². The maximum atomic E-state index is 9.54. The molecule has 0 radical (unpaired) electrons. The van der Waals surface area contributed by atoms with Gasteiger partial charge in [0.15, 0.2) is 11.5 Å². The third-order valence-electron chi connectivity index (χ3n) is 3.78. The summed E-state index contributed by atoms with van der Waals surface area (Å²) in [5.41, 5.74) is 1.16. The summed E-state index contributed by atoms with van der Waals surface area (Å²) in [5, 5.41) is 13.1. The van der Waals surface area contributed by atoms with E-state index >= 15 is 0 Å². The van der Waals surface area contributed by atoms with Gasteiger partial charge in [0.1, 0.15) is 0 Å². The maximum Gasteiger partial charge on any atom is 0.160 e. The first-order chi connectivity index (χ1) is 8.69. The van der Waals surface area contributed by atoms with Gasteiger partial charge in [-0.1, -0.05) is 25.8 Å². The fourth-order valence-electron chi connectivity index (χ4n) is 2.71. The fourth-order valence-corrected chi connectivity index (χ4v) is 2.71. The van der Waals surface area contributed by atoms with E-state index in [9.17, 15) is 5.11 Å². The Bertz CT molecular complexity index is 392. The molecule has 18 heavy (non-hydrogen) atoms. The lowest BCUT2D eigenvalue weighted by atomic mass is 9.87. The summed E-state index contributed by atoms with van der Waals surface area (Å²) in [6, 6.07) is 6.17. The molecule has 2 rings (SSSR count). The zero-order chi connectivity index (χ0) is 13.0. The minimum Gasteiger partial charge on any atom is -0.504 e. The summed E-state index contributed by atoms with van der Waals surface area (Å²) in [6.07, 6.45) is 5.25. The van der Waals surface area contributed by atoms with Crippen molar-refractivity contribution >= 4 is 0 Å². The van der Waals surface area contributed by atoms with Gasteiger partial charge in [0.2, 0.25) is 0 Å². The molecule has 3 nitrogen and oxygen atoms in total. The number of hydrogen-bond acceptors (Lipinski definition) is 3. The molecule has 100 valence electrons. The first-order valence-corrected chi connectivity index (χ1v) is 6.78. The molecule has 3 heteroatoms. The average Bonchev–Trinajstić information content (AvgIpc) is 2.38. The Morgan fingerprint density at radius 2 is 2.22 bits per heavy atom. The van der Waals surface area contributed by atoms with Crippen LogP contribution >= 0.6 is 0 Å². The van der Waals surface area contributed by atoms with Crippen molar-refractivity contribution in [1.82, 2.24) is 5.32 Å². The number of methoxy groups -OCH3 is 1. The van der Waals surface area contributed by atoms with Crippen molar-refractivity contribution in [2.45, 2.75) is 45.2 Å². The number of phenols is 1. The number of hydrogen-bond donors (Lipinski definition) is 2. The van der Waals surface area contributed by atoms with E-state index in [2.05, 4.69) is 12.2 Å². The van der Waals surface area contributed by atoms with Gasteiger partial charge in [0.05, 0.1) is 7.11 Å². The lowest BCUT2D eigenvalue weighted by Crippen LogP contribution is -2.33. The van der Waals surface area contributed by atoms with Crippen molar-refractivity contribution in [3.05, 3.63) is 23.8 Å². The van der Waals surface area contributed by atoms with Crippen LogP contribution in [-0.4, -0.2) is 18.3 Å². The molecule has 1 aromatic rings. The summed E-state index contributed by atoms with van der Waals surface area (Å²) >= 11 is 0. The van der Waals surface area contributed by atoms with E-state index in [1.807, 2.05) is 12.1 Å². The van der Waals surface area contributed by atoms with E-state index in [0.717, 1.165) is 18.0 Å². The molecular formula is C15H23NO2. The predicted molar refractivity (Wildman–Crippen MR) is 72.9 cm³/mol. The zero-order valence-corrected chi connectivity index (χ0v) is 11.3. The number of rotatable bonds is 4. The molecule has 0 heterocycles. The SMILES string of the molecule is COc1cc(CNC2CCCC(C)C2)ccc1O. The highest BCUT2D eigenvalue weighted by Crippen LogP contribution is 2.27. The van der Waals surface area contributed by atoms with Crippen LogP contribution < -0.4 is 10.1 Å². The molecule has 1 saturated carbocycles. The minimum atomic E-state index is 0.201. The third kappa shape index (κ3) is 3.39. The average molecular weight is 249 g/mol. The highest BCUT2D eigenvalue weighted by molar-refractivity contribution is 5.41. The summed E-state index contributed by atoms with van der Waals surface area (Å²) in [7, 11) is 1.58. The second-order valence-corrected chi connectivity index (χ2v) is 5.36.